The van der Waals surface area contributed by atoms with Crippen LogP contribution in [0.3, 0.4) is 0 Å². The van der Waals surface area contributed by atoms with E-state index in [1.807, 2.05) is 6.92 Å². The van der Waals surface area contributed by atoms with E-state index in [4.69, 9.17) is 0 Å². The molecule has 0 heterocycles. The van der Waals surface area contributed by atoms with E-state index < -0.39 is 0 Å². The van der Waals surface area contributed by atoms with Gasteiger partial charge in [0.2, 0.25) is 0 Å². The van der Waals surface area contributed by atoms with Gasteiger partial charge in [0, 0.05) is 0 Å². The fourth-order valence-corrected chi connectivity index (χ4v) is 1.68. The summed E-state index contributed by atoms with van der Waals surface area (Å²) >= 11 is 0. The van der Waals surface area contributed by atoms with Crippen LogP contribution in [0.4, 0.5) is 0 Å². The summed E-state index contributed by atoms with van der Waals surface area (Å²) in [5, 5.41) is 9.23. The highest BCUT2D eigenvalue weighted by Crippen LogP contribution is 2.13. The third-order valence-electron chi connectivity index (χ3n) is 2.47. The van der Waals surface area contributed by atoms with Crippen molar-refractivity contribution in [2.75, 3.05) is 0 Å². The minimum atomic E-state index is -0.190. The standard InChI is InChI=1S/C13H20O/c1-3-6-12-7-4-5-8-13(12)10-9-11(2)14/h4-5,7-8,11,14H,3,6,9-10H2,1-2H3. The van der Waals surface area contributed by atoms with Gasteiger partial charge in [-0.3, -0.25) is 0 Å². The number of aliphatic hydroxyl groups excluding tert-OH is 1. The summed E-state index contributed by atoms with van der Waals surface area (Å²) in [6, 6.07) is 8.54. The molecule has 1 aromatic carbocycles. The number of hydrogen-bond donors (Lipinski definition) is 1. The fourth-order valence-electron chi connectivity index (χ4n) is 1.68. The zero-order valence-corrected chi connectivity index (χ0v) is 9.16. The van der Waals surface area contributed by atoms with Crippen LogP contribution in [0, 0.1) is 0 Å². The molecule has 0 saturated carbocycles. The summed E-state index contributed by atoms with van der Waals surface area (Å²) in [7, 11) is 0. The smallest absolute Gasteiger partial charge is 0.0515 e. The average Bonchev–Trinajstić information content (AvgIpc) is 2.17. The maximum Gasteiger partial charge on any atom is 0.0515 e. The second-order valence-corrected chi connectivity index (χ2v) is 3.91. The van der Waals surface area contributed by atoms with Crippen molar-refractivity contribution in [2.24, 2.45) is 0 Å². The van der Waals surface area contributed by atoms with Gasteiger partial charge in [0.15, 0.2) is 0 Å². The zero-order chi connectivity index (χ0) is 10.4. The maximum atomic E-state index is 9.23. The first-order valence-electron chi connectivity index (χ1n) is 5.49. The minimum absolute atomic E-state index is 0.190. The molecule has 78 valence electrons. The van der Waals surface area contributed by atoms with Crippen LogP contribution in [-0.2, 0) is 12.8 Å². The van der Waals surface area contributed by atoms with Gasteiger partial charge < -0.3 is 5.11 Å². The number of hydrogen-bond acceptors (Lipinski definition) is 1. The second kappa shape index (κ2) is 5.82. The van der Waals surface area contributed by atoms with Crippen LogP contribution >= 0.6 is 0 Å². The molecule has 0 aliphatic carbocycles. The van der Waals surface area contributed by atoms with Crippen LogP contribution in [0.1, 0.15) is 37.8 Å². The zero-order valence-electron chi connectivity index (χ0n) is 9.16. The molecule has 1 atom stereocenters. The number of benzene rings is 1. The van der Waals surface area contributed by atoms with E-state index in [1.54, 1.807) is 0 Å². The van der Waals surface area contributed by atoms with Gasteiger partial charge in [-0.05, 0) is 37.3 Å². The number of aliphatic hydroxyl groups is 1. The van der Waals surface area contributed by atoms with Gasteiger partial charge >= 0.3 is 0 Å². The van der Waals surface area contributed by atoms with Crippen LogP contribution in [0.2, 0.25) is 0 Å². The van der Waals surface area contributed by atoms with E-state index in [2.05, 4.69) is 31.2 Å². The van der Waals surface area contributed by atoms with Gasteiger partial charge in [-0.25, -0.2) is 0 Å². The Morgan fingerprint density at radius 3 is 2.21 bits per heavy atom. The van der Waals surface area contributed by atoms with Crippen molar-refractivity contribution in [1.82, 2.24) is 0 Å². The minimum Gasteiger partial charge on any atom is -0.393 e. The van der Waals surface area contributed by atoms with Crippen molar-refractivity contribution >= 4 is 0 Å². The Morgan fingerprint density at radius 1 is 1.14 bits per heavy atom. The summed E-state index contributed by atoms with van der Waals surface area (Å²) in [5.74, 6) is 0. The summed E-state index contributed by atoms with van der Waals surface area (Å²) in [6.45, 7) is 4.05. The molecule has 0 aliphatic heterocycles. The number of aryl methyl sites for hydroxylation is 2. The van der Waals surface area contributed by atoms with Gasteiger partial charge in [0.25, 0.3) is 0 Å². The van der Waals surface area contributed by atoms with Gasteiger partial charge in [0.1, 0.15) is 0 Å². The summed E-state index contributed by atoms with van der Waals surface area (Å²) in [4.78, 5) is 0. The molecule has 0 fully saturated rings. The van der Waals surface area contributed by atoms with E-state index in [0.717, 1.165) is 19.3 Å². The van der Waals surface area contributed by atoms with E-state index in [-0.39, 0.29) is 6.10 Å². The van der Waals surface area contributed by atoms with Gasteiger partial charge in [0.05, 0.1) is 6.10 Å². The quantitative estimate of drug-likeness (QED) is 0.760. The van der Waals surface area contributed by atoms with Crippen LogP contribution < -0.4 is 0 Å². The molecular formula is C13H20O. The van der Waals surface area contributed by atoms with Crippen molar-refractivity contribution in [3.8, 4) is 0 Å². The Hall–Kier alpha value is -0.820. The molecule has 0 amide bonds. The Bertz CT molecular complexity index is 266. The highest BCUT2D eigenvalue weighted by molar-refractivity contribution is 5.27. The first kappa shape index (κ1) is 11.3. The maximum absolute atomic E-state index is 9.23. The normalized spacial score (nSPS) is 12.8. The Morgan fingerprint density at radius 2 is 1.71 bits per heavy atom. The largest absolute Gasteiger partial charge is 0.393 e. The SMILES string of the molecule is CCCc1ccccc1CCC(C)O. The van der Waals surface area contributed by atoms with Gasteiger partial charge in [-0.15, -0.1) is 0 Å². The highest BCUT2D eigenvalue weighted by atomic mass is 16.3. The predicted octanol–water partition coefficient (Wildman–Crippen LogP) is 2.95. The third kappa shape index (κ3) is 3.51. The van der Waals surface area contributed by atoms with Crippen molar-refractivity contribution in [3.05, 3.63) is 35.4 Å². The molecule has 1 nitrogen and oxygen atoms in total. The van der Waals surface area contributed by atoms with Crippen LogP contribution in [0.25, 0.3) is 0 Å². The lowest BCUT2D eigenvalue weighted by Crippen LogP contribution is -2.03. The van der Waals surface area contributed by atoms with E-state index in [0.29, 0.717) is 0 Å². The molecule has 1 unspecified atom stereocenters. The van der Waals surface area contributed by atoms with Crippen LogP contribution in [0.15, 0.2) is 24.3 Å². The Labute approximate surface area is 86.8 Å². The molecule has 0 spiro atoms. The molecule has 14 heavy (non-hydrogen) atoms. The Kier molecular flexibility index (Phi) is 4.68. The molecule has 1 aromatic rings. The molecule has 0 bridgehead atoms. The van der Waals surface area contributed by atoms with Crippen molar-refractivity contribution in [1.29, 1.82) is 0 Å². The molecule has 0 aromatic heterocycles. The van der Waals surface area contributed by atoms with Gasteiger partial charge in [-0.1, -0.05) is 37.6 Å². The van der Waals surface area contributed by atoms with Gasteiger partial charge in [-0.2, -0.15) is 0 Å². The third-order valence-corrected chi connectivity index (χ3v) is 2.47. The monoisotopic (exact) mass is 192 g/mol. The predicted molar refractivity (Wildman–Crippen MR) is 60.4 cm³/mol. The van der Waals surface area contributed by atoms with E-state index in [1.165, 1.54) is 17.5 Å². The fraction of sp³-hybridized carbons (Fsp3) is 0.538. The van der Waals surface area contributed by atoms with Crippen LogP contribution in [0.5, 0.6) is 0 Å². The van der Waals surface area contributed by atoms with Crippen molar-refractivity contribution in [2.45, 2.75) is 45.6 Å². The average molecular weight is 192 g/mol. The lowest BCUT2D eigenvalue weighted by molar-refractivity contribution is 0.185. The lowest BCUT2D eigenvalue weighted by atomic mass is 9.98. The van der Waals surface area contributed by atoms with E-state index >= 15 is 0 Å². The highest BCUT2D eigenvalue weighted by Gasteiger charge is 2.02. The topological polar surface area (TPSA) is 20.2 Å². The van der Waals surface area contributed by atoms with Crippen LogP contribution in [-0.4, -0.2) is 11.2 Å². The molecule has 0 saturated heterocycles. The Balaban J connectivity index is 2.64. The van der Waals surface area contributed by atoms with E-state index in [9.17, 15) is 5.11 Å². The molecule has 0 radical (unpaired) electrons. The van der Waals surface area contributed by atoms with Crippen molar-refractivity contribution < 1.29 is 5.11 Å². The molecule has 1 N–H and O–H groups in total. The summed E-state index contributed by atoms with van der Waals surface area (Å²) < 4.78 is 0. The first-order chi connectivity index (χ1) is 6.74. The summed E-state index contributed by atoms with van der Waals surface area (Å²) in [5.41, 5.74) is 2.84. The molecular weight excluding hydrogens is 172 g/mol. The van der Waals surface area contributed by atoms with Crippen molar-refractivity contribution in [3.63, 3.8) is 0 Å². The molecule has 1 heteroatoms. The summed E-state index contributed by atoms with van der Waals surface area (Å²) in [6.07, 6.45) is 4.00. The second-order valence-electron chi connectivity index (χ2n) is 3.91. The lowest BCUT2D eigenvalue weighted by Gasteiger charge is -2.09. The molecule has 0 aliphatic rings. The first-order valence-corrected chi connectivity index (χ1v) is 5.49. The number of rotatable bonds is 5. The molecule has 1 rings (SSSR count).